The summed E-state index contributed by atoms with van der Waals surface area (Å²) < 4.78 is 11.4. The van der Waals surface area contributed by atoms with Gasteiger partial charge in [0.25, 0.3) is 0 Å². The first-order chi connectivity index (χ1) is 13.6. The molecule has 1 heterocycles. The summed E-state index contributed by atoms with van der Waals surface area (Å²) in [6.45, 7) is 2.46. The third-order valence-electron chi connectivity index (χ3n) is 4.26. The molecule has 0 aliphatic carbocycles. The third-order valence-corrected chi connectivity index (χ3v) is 5.56. The second-order valence-electron chi connectivity index (χ2n) is 6.15. The van der Waals surface area contributed by atoms with Crippen molar-refractivity contribution in [3.63, 3.8) is 0 Å². The number of hydrogen-bond acceptors (Lipinski definition) is 6. The van der Waals surface area contributed by atoms with Gasteiger partial charge in [0.1, 0.15) is 0 Å². The molecule has 0 saturated carbocycles. The summed E-state index contributed by atoms with van der Waals surface area (Å²) in [7, 11) is 3.61. The van der Waals surface area contributed by atoms with Gasteiger partial charge in [0.05, 0.1) is 0 Å². The number of methoxy groups -OCH3 is 1. The molecule has 0 aliphatic rings. The van der Waals surface area contributed by atoms with Gasteiger partial charge in [-0.1, -0.05) is 6.07 Å². The molecular weight excluding hydrogens is 419 g/mol. The van der Waals surface area contributed by atoms with Gasteiger partial charge in [-0.2, -0.15) is 0 Å². The van der Waals surface area contributed by atoms with Crippen molar-refractivity contribution in [2.45, 2.75) is 18.7 Å². The number of nitriles is 1. The van der Waals surface area contributed by atoms with Crippen LogP contribution in [0.4, 0.5) is 11.5 Å². The minimum atomic E-state index is 0.0292. The van der Waals surface area contributed by atoms with Gasteiger partial charge in [-0.3, -0.25) is 0 Å². The van der Waals surface area contributed by atoms with Crippen LogP contribution >= 0.6 is 0 Å². The van der Waals surface area contributed by atoms with Gasteiger partial charge in [-0.05, 0) is 0 Å². The quantitative estimate of drug-likeness (QED) is 0.388. The van der Waals surface area contributed by atoms with Crippen molar-refractivity contribution < 1.29 is 9.47 Å². The molecule has 144 valence electrons. The van der Waals surface area contributed by atoms with Crippen LogP contribution < -0.4 is 14.4 Å². The molecular formula is C21H22N4O2Se. The van der Waals surface area contributed by atoms with E-state index >= 15 is 0 Å². The number of fused-ring (bicyclic) bond motifs is 1. The molecule has 3 aromatic rings. The molecule has 1 aromatic heterocycles. The normalized spacial score (nSPS) is 10.5. The zero-order chi connectivity index (χ0) is 19.9. The van der Waals surface area contributed by atoms with E-state index in [1.54, 1.807) is 7.11 Å². The summed E-state index contributed by atoms with van der Waals surface area (Å²) in [6.07, 6.45) is 0.854. The van der Waals surface area contributed by atoms with Gasteiger partial charge in [0, 0.05) is 0 Å². The van der Waals surface area contributed by atoms with Crippen LogP contribution in [0, 0.1) is 17.2 Å². The summed E-state index contributed by atoms with van der Waals surface area (Å²) >= 11 is 0.0292. The molecule has 0 radical (unpaired) electrons. The maximum atomic E-state index is 8.67. The van der Waals surface area contributed by atoms with Crippen molar-refractivity contribution in [1.82, 2.24) is 9.97 Å². The molecule has 28 heavy (non-hydrogen) atoms. The Morgan fingerprint density at radius 2 is 1.96 bits per heavy atom. The number of para-hydroxylation sites is 1. The Kier molecular flexibility index (Phi) is 6.70. The second-order valence-corrected chi connectivity index (χ2v) is 7.99. The summed E-state index contributed by atoms with van der Waals surface area (Å²) in [5.41, 5.74) is 1.86. The van der Waals surface area contributed by atoms with Gasteiger partial charge >= 0.3 is 165 Å². The number of anilines is 2. The number of aryl methyl sites for hydroxylation is 1. The Balaban J connectivity index is 1.89. The van der Waals surface area contributed by atoms with Gasteiger partial charge < -0.3 is 0 Å². The van der Waals surface area contributed by atoms with Crippen molar-refractivity contribution in [3.05, 3.63) is 48.3 Å². The zero-order valence-electron chi connectivity index (χ0n) is 16.2. The molecule has 7 heteroatoms. The average Bonchev–Trinajstić information content (AvgIpc) is 2.72. The Morgan fingerprint density at radius 3 is 2.75 bits per heavy atom. The fraction of sp³-hybridized carbons (Fsp3) is 0.286. The van der Waals surface area contributed by atoms with Crippen LogP contribution in [0.5, 0.6) is 11.5 Å². The first-order valence-corrected chi connectivity index (χ1v) is 11.0. The monoisotopic (exact) mass is 442 g/mol. The van der Waals surface area contributed by atoms with Crippen molar-refractivity contribution in [2.75, 3.05) is 25.7 Å². The van der Waals surface area contributed by atoms with Gasteiger partial charge in [-0.25, -0.2) is 0 Å². The number of ether oxygens (including phenoxy) is 2. The van der Waals surface area contributed by atoms with E-state index in [9.17, 15) is 0 Å². The fourth-order valence-corrected chi connectivity index (χ4v) is 3.64. The standard InChI is InChI=1S/C21H22N4O2Se/c1-15-23-18-8-5-4-7-17(18)21(24-15)25(2)16-9-10-19(26-3)20(13-16)27-11-6-12-28-14-22/h4-5,7-10,13H,6,11-12H2,1-3H3. The molecule has 0 bridgehead atoms. The summed E-state index contributed by atoms with van der Waals surface area (Å²) in [5.74, 6) is 2.94. The molecule has 0 spiro atoms. The molecule has 0 atom stereocenters. The van der Waals surface area contributed by atoms with Gasteiger partial charge in [-0.15, -0.1) is 0 Å². The van der Waals surface area contributed by atoms with Crippen molar-refractivity contribution in [2.24, 2.45) is 0 Å². The molecule has 3 rings (SSSR count). The summed E-state index contributed by atoms with van der Waals surface area (Å²) in [5, 5.41) is 10.5. The van der Waals surface area contributed by atoms with Crippen molar-refractivity contribution in [1.29, 1.82) is 5.26 Å². The van der Waals surface area contributed by atoms with E-state index in [2.05, 4.69) is 14.9 Å². The fourth-order valence-electron chi connectivity index (χ4n) is 2.90. The van der Waals surface area contributed by atoms with E-state index in [1.807, 2.05) is 61.3 Å². The number of benzene rings is 2. The van der Waals surface area contributed by atoms with E-state index in [4.69, 9.17) is 14.7 Å². The summed E-state index contributed by atoms with van der Waals surface area (Å²) in [4.78, 5) is 13.4. The molecule has 0 amide bonds. The zero-order valence-corrected chi connectivity index (χ0v) is 17.9. The van der Waals surface area contributed by atoms with E-state index in [-0.39, 0.29) is 15.0 Å². The SMILES string of the molecule is COc1ccc(N(C)c2nc(C)nc3ccccc23)cc1OCCC[Se]C#N. The third kappa shape index (κ3) is 4.53. The number of rotatable bonds is 8. The molecule has 2 aromatic carbocycles. The maximum absolute atomic E-state index is 8.67. The first-order valence-electron chi connectivity index (χ1n) is 8.93. The van der Waals surface area contributed by atoms with Gasteiger partial charge in [0.2, 0.25) is 0 Å². The van der Waals surface area contributed by atoms with Gasteiger partial charge in [0.15, 0.2) is 0 Å². The Morgan fingerprint density at radius 1 is 1.14 bits per heavy atom. The van der Waals surface area contributed by atoms with Crippen LogP contribution in [0.25, 0.3) is 10.9 Å². The van der Waals surface area contributed by atoms with E-state index in [0.717, 1.165) is 40.0 Å². The second kappa shape index (κ2) is 9.41. The Bertz CT molecular complexity index is 1000. The molecule has 0 N–H and O–H groups in total. The van der Waals surface area contributed by atoms with Crippen molar-refractivity contribution in [3.8, 4) is 16.5 Å². The Hall–Kier alpha value is -2.81. The number of nitrogens with zero attached hydrogens (tertiary/aromatic N) is 4. The number of aromatic nitrogens is 2. The van der Waals surface area contributed by atoms with Crippen molar-refractivity contribution >= 4 is 37.4 Å². The molecule has 0 aliphatic heterocycles. The van der Waals surface area contributed by atoms with Crippen LogP contribution in [0.1, 0.15) is 12.2 Å². The summed E-state index contributed by atoms with van der Waals surface area (Å²) in [6, 6.07) is 13.8. The van der Waals surface area contributed by atoms with E-state index in [0.29, 0.717) is 18.1 Å². The number of hydrogen-bond donors (Lipinski definition) is 0. The predicted molar refractivity (Wildman–Crippen MR) is 112 cm³/mol. The molecule has 0 saturated heterocycles. The molecule has 6 nitrogen and oxygen atoms in total. The van der Waals surface area contributed by atoms with Crippen LogP contribution in [0.15, 0.2) is 42.5 Å². The predicted octanol–water partition coefficient (Wildman–Crippen LogP) is 4.09. The minimum absolute atomic E-state index is 0.0292. The van der Waals surface area contributed by atoms with Crippen LogP contribution in [-0.2, 0) is 0 Å². The van der Waals surface area contributed by atoms with Crippen LogP contribution in [0.2, 0.25) is 5.32 Å². The molecule has 0 unspecified atom stereocenters. The Labute approximate surface area is 171 Å². The molecule has 0 fully saturated rings. The van der Waals surface area contributed by atoms with Crippen LogP contribution in [-0.4, -0.2) is 45.7 Å². The van der Waals surface area contributed by atoms with E-state index < -0.39 is 0 Å². The average molecular weight is 441 g/mol. The topological polar surface area (TPSA) is 71.3 Å². The van der Waals surface area contributed by atoms with Crippen LogP contribution in [0.3, 0.4) is 0 Å². The first kappa shape index (κ1) is 19.9. The van der Waals surface area contributed by atoms with E-state index in [1.165, 1.54) is 0 Å².